The Morgan fingerprint density at radius 3 is 2.08 bits per heavy atom. The Kier molecular flexibility index (Phi) is 5.42. The molecule has 0 saturated carbocycles. The van der Waals surface area contributed by atoms with E-state index in [1.807, 2.05) is 0 Å². The highest BCUT2D eigenvalue weighted by Gasteiger charge is 2.15. The summed E-state index contributed by atoms with van der Waals surface area (Å²) in [5.41, 5.74) is 0.330. The predicted octanol–water partition coefficient (Wildman–Crippen LogP) is 1.77. The van der Waals surface area contributed by atoms with Gasteiger partial charge in [-0.1, -0.05) is 0 Å². The van der Waals surface area contributed by atoms with Gasteiger partial charge in [0.15, 0.2) is 12.4 Å². The van der Waals surface area contributed by atoms with Gasteiger partial charge in [0.1, 0.15) is 5.82 Å². The summed E-state index contributed by atoms with van der Waals surface area (Å²) in [5.74, 6) is -1.71. The van der Waals surface area contributed by atoms with Gasteiger partial charge < -0.3 is 4.74 Å². The van der Waals surface area contributed by atoms with Gasteiger partial charge in [-0.05, 0) is 55.6 Å². The zero-order valence-electron chi connectivity index (χ0n) is 12.7. The van der Waals surface area contributed by atoms with Gasteiger partial charge in [-0.3, -0.25) is 4.79 Å². The molecule has 126 valence electrons. The lowest BCUT2D eigenvalue weighted by Gasteiger charge is -2.06. The van der Waals surface area contributed by atoms with Crippen LogP contribution in [0.15, 0.2) is 53.4 Å². The summed E-state index contributed by atoms with van der Waals surface area (Å²) in [7, 11) is -2.32. The summed E-state index contributed by atoms with van der Waals surface area (Å²) in [6.07, 6.45) is 0. The highest BCUT2D eigenvalue weighted by Crippen LogP contribution is 2.11. The van der Waals surface area contributed by atoms with E-state index in [1.165, 1.54) is 43.4 Å². The normalized spacial score (nSPS) is 11.1. The number of hydrogen-bond acceptors (Lipinski definition) is 5. The van der Waals surface area contributed by atoms with E-state index in [9.17, 15) is 22.4 Å². The lowest BCUT2D eigenvalue weighted by atomic mass is 10.1. The Bertz CT molecular complexity index is 845. The Morgan fingerprint density at radius 2 is 1.54 bits per heavy atom. The highest BCUT2D eigenvalue weighted by atomic mass is 32.2. The number of ketones is 1. The summed E-state index contributed by atoms with van der Waals surface area (Å²) in [4.78, 5) is 23.7. The van der Waals surface area contributed by atoms with E-state index >= 15 is 0 Å². The van der Waals surface area contributed by atoms with Crippen molar-refractivity contribution in [2.24, 2.45) is 0 Å². The third kappa shape index (κ3) is 4.24. The fraction of sp³-hybridized carbons (Fsp3) is 0.125. The van der Waals surface area contributed by atoms with Gasteiger partial charge in [-0.25, -0.2) is 22.3 Å². The molecule has 0 fully saturated rings. The minimum atomic E-state index is -3.59. The van der Waals surface area contributed by atoms with Crippen LogP contribution in [0.25, 0.3) is 0 Å². The maximum absolute atomic E-state index is 12.8. The minimum absolute atomic E-state index is 0.00365. The van der Waals surface area contributed by atoms with Crippen molar-refractivity contribution in [2.45, 2.75) is 4.90 Å². The molecule has 0 aromatic heterocycles. The number of Topliss-reactive ketones (excluding diaryl/α,β-unsaturated/α-hetero) is 1. The zero-order valence-corrected chi connectivity index (χ0v) is 13.5. The van der Waals surface area contributed by atoms with Crippen LogP contribution in [0.4, 0.5) is 4.39 Å². The molecule has 0 heterocycles. The van der Waals surface area contributed by atoms with Crippen molar-refractivity contribution in [3.05, 3.63) is 65.5 Å². The first kappa shape index (κ1) is 17.8. The maximum Gasteiger partial charge on any atom is 0.338 e. The fourth-order valence-electron chi connectivity index (χ4n) is 1.82. The van der Waals surface area contributed by atoms with E-state index in [0.717, 1.165) is 12.1 Å². The summed E-state index contributed by atoms with van der Waals surface area (Å²) in [6.45, 7) is -0.499. The van der Waals surface area contributed by atoms with Crippen LogP contribution in [0, 0.1) is 5.82 Å². The summed E-state index contributed by atoms with van der Waals surface area (Å²) in [6, 6.07) is 9.94. The quantitative estimate of drug-likeness (QED) is 0.633. The number of halogens is 1. The molecule has 0 atom stereocenters. The third-order valence-electron chi connectivity index (χ3n) is 3.17. The van der Waals surface area contributed by atoms with E-state index in [2.05, 4.69) is 4.72 Å². The van der Waals surface area contributed by atoms with Crippen molar-refractivity contribution >= 4 is 21.8 Å². The van der Waals surface area contributed by atoms with Crippen LogP contribution in [0.2, 0.25) is 0 Å². The van der Waals surface area contributed by atoms with Crippen molar-refractivity contribution in [3.8, 4) is 0 Å². The number of carbonyl (C=O) groups excluding carboxylic acids is 2. The topological polar surface area (TPSA) is 89.5 Å². The smallest absolute Gasteiger partial charge is 0.338 e. The SMILES string of the molecule is CNS(=O)(=O)c1ccc(C(=O)OCC(=O)c2ccc(F)cc2)cc1. The second kappa shape index (κ2) is 7.33. The molecule has 0 spiro atoms. The highest BCUT2D eigenvalue weighted by molar-refractivity contribution is 7.89. The molecule has 0 bridgehead atoms. The largest absolute Gasteiger partial charge is 0.454 e. The maximum atomic E-state index is 12.8. The molecule has 0 amide bonds. The summed E-state index contributed by atoms with van der Waals surface area (Å²) >= 11 is 0. The van der Waals surface area contributed by atoms with Crippen LogP contribution in [-0.2, 0) is 14.8 Å². The second-order valence-corrected chi connectivity index (χ2v) is 6.62. The summed E-state index contributed by atoms with van der Waals surface area (Å²) < 4.78 is 43.0. The van der Waals surface area contributed by atoms with Crippen LogP contribution in [0.1, 0.15) is 20.7 Å². The number of rotatable bonds is 6. The van der Waals surface area contributed by atoms with Crippen LogP contribution in [0.5, 0.6) is 0 Å². The minimum Gasteiger partial charge on any atom is -0.454 e. The average Bonchev–Trinajstić information content (AvgIpc) is 2.60. The summed E-state index contributed by atoms with van der Waals surface area (Å²) in [5, 5.41) is 0. The van der Waals surface area contributed by atoms with E-state index in [4.69, 9.17) is 4.74 Å². The molecule has 0 aliphatic heterocycles. The monoisotopic (exact) mass is 351 g/mol. The number of carbonyl (C=O) groups is 2. The second-order valence-electron chi connectivity index (χ2n) is 4.74. The fourth-order valence-corrected chi connectivity index (χ4v) is 2.55. The molecule has 2 aromatic carbocycles. The van der Waals surface area contributed by atoms with E-state index in [1.54, 1.807) is 0 Å². The molecule has 2 aromatic rings. The number of esters is 1. The van der Waals surface area contributed by atoms with Gasteiger partial charge in [-0.2, -0.15) is 0 Å². The van der Waals surface area contributed by atoms with E-state index < -0.39 is 34.2 Å². The first-order chi connectivity index (χ1) is 11.3. The zero-order chi connectivity index (χ0) is 17.7. The van der Waals surface area contributed by atoms with Gasteiger partial charge in [0.05, 0.1) is 10.5 Å². The van der Waals surface area contributed by atoms with Crippen molar-refractivity contribution in [1.82, 2.24) is 4.72 Å². The van der Waals surface area contributed by atoms with Crippen molar-refractivity contribution in [1.29, 1.82) is 0 Å². The number of ether oxygens (including phenoxy) is 1. The van der Waals surface area contributed by atoms with Crippen LogP contribution in [0.3, 0.4) is 0 Å². The first-order valence-electron chi connectivity index (χ1n) is 6.83. The molecule has 0 radical (unpaired) electrons. The first-order valence-corrected chi connectivity index (χ1v) is 8.31. The molecule has 0 unspecified atom stereocenters. The van der Waals surface area contributed by atoms with Crippen molar-refractivity contribution < 1.29 is 27.1 Å². The number of benzene rings is 2. The Labute approximate surface area is 138 Å². The molecular weight excluding hydrogens is 337 g/mol. The van der Waals surface area contributed by atoms with Gasteiger partial charge in [0.25, 0.3) is 0 Å². The molecular formula is C16H14FNO5S. The molecule has 0 aliphatic carbocycles. The number of nitrogens with one attached hydrogen (secondary N) is 1. The third-order valence-corrected chi connectivity index (χ3v) is 4.60. The standard InChI is InChI=1S/C16H14FNO5S/c1-18-24(21,22)14-8-4-12(5-9-14)16(20)23-10-15(19)11-2-6-13(17)7-3-11/h2-9,18H,10H2,1H3. The van der Waals surface area contributed by atoms with Gasteiger partial charge >= 0.3 is 5.97 Å². The van der Waals surface area contributed by atoms with Gasteiger partial charge in [0, 0.05) is 5.56 Å². The number of sulfonamides is 1. The van der Waals surface area contributed by atoms with E-state index in [-0.39, 0.29) is 16.0 Å². The van der Waals surface area contributed by atoms with Crippen molar-refractivity contribution in [2.75, 3.05) is 13.7 Å². The molecule has 0 aliphatic rings. The Morgan fingerprint density at radius 1 is 1.00 bits per heavy atom. The van der Waals surface area contributed by atoms with Crippen LogP contribution < -0.4 is 4.72 Å². The molecule has 6 nitrogen and oxygen atoms in total. The molecule has 0 saturated heterocycles. The predicted molar refractivity (Wildman–Crippen MR) is 83.7 cm³/mol. The molecule has 8 heteroatoms. The Balaban J connectivity index is 2.00. The van der Waals surface area contributed by atoms with Crippen molar-refractivity contribution in [3.63, 3.8) is 0 Å². The molecule has 2 rings (SSSR count). The number of hydrogen-bond donors (Lipinski definition) is 1. The molecule has 24 heavy (non-hydrogen) atoms. The Hall–Kier alpha value is -2.58. The average molecular weight is 351 g/mol. The van der Waals surface area contributed by atoms with Crippen LogP contribution >= 0.6 is 0 Å². The van der Waals surface area contributed by atoms with Gasteiger partial charge in [-0.15, -0.1) is 0 Å². The lowest BCUT2D eigenvalue weighted by molar-refractivity contribution is 0.0474. The lowest BCUT2D eigenvalue weighted by Crippen LogP contribution is -2.19. The van der Waals surface area contributed by atoms with E-state index in [0.29, 0.717) is 0 Å². The van der Waals surface area contributed by atoms with Gasteiger partial charge in [0.2, 0.25) is 10.0 Å². The molecule has 1 N–H and O–H groups in total. The van der Waals surface area contributed by atoms with Crippen LogP contribution in [-0.4, -0.2) is 33.8 Å².